The van der Waals surface area contributed by atoms with Gasteiger partial charge in [-0.15, -0.1) is 6.58 Å². The summed E-state index contributed by atoms with van der Waals surface area (Å²) in [6.45, 7) is 6.34. The maximum Gasteiger partial charge on any atom is 0.231 e. The number of nitrogens with one attached hydrogen (secondary N) is 1. The molecule has 0 spiro atoms. The van der Waals surface area contributed by atoms with E-state index in [1.807, 2.05) is 42.5 Å². The topological polar surface area (TPSA) is 48.3 Å². The van der Waals surface area contributed by atoms with E-state index in [0.29, 0.717) is 13.3 Å². The van der Waals surface area contributed by atoms with E-state index in [9.17, 15) is 0 Å². The molecule has 1 aliphatic rings. The van der Waals surface area contributed by atoms with Crippen molar-refractivity contribution in [1.82, 2.24) is 14.9 Å². The molecule has 0 fully saturated rings. The number of hydrogen-bond donors (Lipinski definition) is 1. The van der Waals surface area contributed by atoms with Gasteiger partial charge < -0.3 is 19.4 Å². The Morgan fingerprint density at radius 1 is 1.12 bits per heavy atom. The molecule has 0 saturated carbocycles. The summed E-state index contributed by atoms with van der Waals surface area (Å²) in [4.78, 5) is 4.73. The van der Waals surface area contributed by atoms with E-state index in [4.69, 9.17) is 14.5 Å². The molecule has 3 aromatic rings. The van der Waals surface area contributed by atoms with Crippen molar-refractivity contribution in [2.75, 3.05) is 6.79 Å². The minimum atomic E-state index is 0.303. The first-order valence-corrected chi connectivity index (χ1v) is 7.99. The van der Waals surface area contributed by atoms with E-state index in [1.54, 1.807) is 0 Å². The molecule has 0 radical (unpaired) electrons. The SMILES string of the molecule is C=CCn1c(CNCc2ccc3c(c2)OCO3)nc2ccccc21. The van der Waals surface area contributed by atoms with Crippen LogP contribution >= 0.6 is 0 Å². The van der Waals surface area contributed by atoms with E-state index >= 15 is 0 Å². The Hall–Kier alpha value is -2.79. The molecule has 0 aliphatic carbocycles. The van der Waals surface area contributed by atoms with Crippen molar-refractivity contribution in [2.45, 2.75) is 19.6 Å². The van der Waals surface area contributed by atoms with Gasteiger partial charge in [-0.1, -0.05) is 24.3 Å². The lowest BCUT2D eigenvalue weighted by atomic mass is 10.2. The molecule has 0 unspecified atom stereocenters. The van der Waals surface area contributed by atoms with Crippen molar-refractivity contribution >= 4 is 11.0 Å². The molecule has 0 atom stereocenters. The van der Waals surface area contributed by atoms with Crippen LogP contribution in [0.3, 0.4) is 0 Å². The van der Waals surface area contributed by atoms with Crippen LogP contribution in [0.2, 0.25) is 0 Å². The summed E-state index contributed by atoms with van der Waals surface area (Å²) >= 11 is 0. The molecule has 1 aromatic heterocycles. The predicted octanol–water partition coefficient (Wildman–Crippen LogP) is 3.24. The molecule has 0 amide bonds. The number of para-hydroxylation sites is 2. The van der Waals surface area contributed by atoms with Gasteiger partial charge in [0, 0.05) is 13.1 Å². The van der Waals surface area contributed by atoms with Crippen LogP contribution in [0.5, 0.6) is 11.5 Å². The molecule has 0 bridgehead atoms. The highest BCUT2D eigenvalue weighted by atomic mass is 16.7. The minimum absolute atomic E-state index is 0.303. The lowest BCUT2D eigenvalue weighted by molar-refractivity contribution is 0.174. The Balaban J connectivity index is 1.48. The van der Waals surface area contributed by atoms with E-state index < -0.39 is 0 Å². The molecular formula is C19H19N3O2. The number of rotatable bonds is 6. The molecular weight excluding hydrogens is 302 g/mol. The fourth-order valence-corrected chi connectivity index (χ4v) is 2.96. The lowest BCUT2D eigenvalue weighted by Crippen LogP contribution is -2.16. The summed E-state index contributed by atoms with van der Waals surface area (Å²) < 4.78 is 12.9. The lowest BCUT2D eigenvalue weighted by Gasteiger charge is -2.08. The van der Waals surface area contributed by atoms with Crippen LogP contribution in [0.4, 0.5) is 0 Å². The Bertz CT molecular complexity index is 885. The van der Waals surface area contributed by atoms with Gasteiger partial charge in [0.25, 0.3) is 0 Å². The Morgan fingerprint density at radius 3 is 2.92 bits per heavy atom. The van der Waals surface area contributed by atoms with Crippen LogP contribution in [0.1, 0.15) is 11.4 Å². The highest BCUT2D eigenvalue weighted by Gasteiger charge is 2.13. The van der Waals surface area contributed by atoms with Gasteiger partial charge in [-0.05, 0) is 29.8 Å². The first-order chi connectivity index (χ1) is 11.8. The smallest absolute Gasteiger partial charge is 0.231 e. The van der Waals surface area contributed by atoms with Crippen LogP contribution < -0.4 is 14.8 Å². The summed E-state index contributed by atoms with van der Waals surface area (Å²) in [5.74, 6) is 2.64. The second kappa shape index (κ2) is 6.37. The second-order valence-electron chi connectivity index (χ2n) is 5.71. The van der Waals surface area contributed by atoms with Gasteiger partial charge in [-0.25, -0.2) is 4.98 Å². The molecule has 2 aromatic carbocycles. The van der Waals surface area contributed by atoms with Gasteiger partial charge in [0.1, 0.15) is 5.82 Å². The van der Waals surface area contributed by atoms with Crippen LogP contribution in [0.15, 0.2) is 55.1 Å². The summed E-state index contributed by atoms with van der Waals surface area (Å²) in [5, 5.41) is 3.45. The van der Waals surface area contributed by atoms with E-state index in [-0.39, 0.29) is 0 Å². The second-order valence-corrected chi connectivity index (χ2v) is 5.71. The number of allylic oxidation sites excluding steroid dienone is 1. The van der Waals surface area contributed by atoms with E-state index in [1.165, 1.54) is 0 Å². The van der Waals surface area contributed by atoms with Crippen molar-refractivity contribution in [3.63, 3.8) is 0 Å². The first-order valence-electron chi connectivity index (χ1n) is 7.99. The van der Waals surface area contributed by atoms with Crippen LogP contribution in [0, 0.1) is 0 Å². The normalized spacial score (nSPS) is 12.7. The van der Waals surface area contributed by atoms with Gasteiger partial charge in [0.2, 0.25) is 6.79 Å². The van der Waals surface area contributed by atoms with Crippen LogP contribution in [-0.4, -0.2) is 16.3 Å². The summed E-state index contributed by atoms with van der Waals surface area (Å²) in [6, 6.07) is 14.2. The maximum atomic E-state index is 5.42. The summed E-state index contributed by atoms with van der Waals surface area (Å²) in [5.41, 5.74) is 3.31. The average Bonchev–Trinajstić information content (AvgIpc) is 3.20. The zero-order chi connectivity index (χ0) is 16.4. The van der Waals surface area contributed by atoms with Gasteiger partial charge in [-0.3, -0.25) is 0 Å². The zero-order valence-corrected chi connectivity index (χ0v) is 13.4. The monoisotopic (exact) mass is 321 g/mol. The minimum Gasteiger partial charge on any atom is -0.454 e. The fraction of sp³-hybridized carbons (Fsp3) is 0.211. The quantitative estimate of drug-likeness (QED) is 0.708. The third kappa shape index (κ3) is 2.74. The molecule has 5 heteroatoms. The van der Waals surface area contributed by atoms with Crippen LogP contribution in [0.25, 0.3) is 11.0 Å². The number of nitrogens with zero attached hydrogens (tertiary/aromatic N) is 2. The molecule has 122 valence electrons. The standard InChI is InChI=1S/C19H19N3O2/c1-2-9-22-16-6-4-3-5-15(16)21-19(22)12-20-11-14-7-8-17-18(10-14)24-13-23-17/h2-8,10,20H,1,9,11-13H2. The number of ether oxygens (including phenoxy) is 2. The molecule has 1 aliphatic heterocycles. The first kappa shape index (κ1) is 14.8. The van der Waals surface area contributed by atoms with Crippen molar-refractivity contribution in [3.05, 3.63) is 66.5 Å². The molecule has 5 nitrogen and oxygen atoms in total. The molecule has 0 saturated heterocycles. The van der Waals surface area contributed by atoms with E-state index in [0.717, 1.165) is 47.0 Å². The largest absolute Gasteiger partial charge is 0.454 e. The molecule has 2 heterocycles. The van der Waals surface area contributed by atoms with Crippen molar-refractivity contribution in [2.24, 2.45) is 0 Å². The number of fused-ring (bicyclic) bond motifs is 2. The van der Waals surface area contributed by atoms with Gasteiger partial charge >= 0.3 is 0 Å². The molecule has 24 heavy (non-hydrogen) atoms. The zero-order valence-electron chi connectivity index (χ0n) is 13.4. The van der Waals surface area contributed by atoms with Crippen molar-refractivity contribution < 1.29 is 9.47 Å². The van der Waals surface area contributed by atoms with Crippen molar-refractivity contribution in [3.8, 4) is 11.5 Å². The summed E-state index contributed by atoms with van der Waals surface area (Å²) in [7, 11) is 0. The third-order valence-electron chi connectivity index (χ3n) is 4.09. The van der Waals surface area contributed by atoms with Crippen molar-refractivity contribution in [1.29, 1.82) is 0 Å². The third-order valence-corrected chi connectivity index (χ3v) is 4.09. The highest BCUT2D eigenvalue weighted by molar-refractivity contribution is 5.75. The Kier molecular flexibility index (Phi) is 3.92. The predicted molar refractivity (Wildman–Crippen MR) is 93.0 cm³/mol. The van der Waals surface area contributed by atoms with Gasteiger partial charge in [-0.2, -0.15) is 0 Å². The number of aromatic nitrogens is 2. The van der Waals surface area contributed by atoms with Gasteiger partial charge in [0.05, 0.1) is 17.6 Å². The van der Waals surface area contributed by atoms with Gasteiger partial charge in [0.15, 0.2) is 11.5 Å². The highest BCUT2D eigenvalue weighted by Crippen LogP contribution is 2.32. The Morgan fingerprint density at radius 2 is 2.00 bits per heavy atom. The Labute approximate surface area is 140 Å². The summed E-state index contributed by atoms with van der Waals surface area (Å²) in [6.07, 6.45) is 1.90. The number of imidazole rings is 1. The molecule has 1 N–H and O–H groups in total. The average molecular weight is 321 g/mol. The molecule has 4 rings (SSSR count). The fourth-order valence-electron chi connectivity index (χ4n) is 2.96. The van der Waals surface area contributed by atoms with Crippen LogP contribution in [-0.2, 0) is 19.6 Å². The van der Waals surface area contributed by atoms with E-state index in [2.05, 4.69) is 22.5 Å². The number of hydrogen-bond acceptors (Lipinski definition) is 4. The maximum absolute atomic E-state index is 5.42. The number of benzene rings is 2.